The SMILES string of the molecule is C/C(=N\Nc1c([N+](=O)[O-])cc(C(F)(F)F)cc1[N+](=O)[O-])c1cc2ccccc2o1. The molecule has 12 heteroatoms. The summed E-state index contributed by atoms with van der Waals surface area (Å²) in [7, 11) is 0. The number of nitro benzene ring substituents is 2. The van der Waals surface area contributed by atoms with Crippen molar-refractivity contribution in [3.8, 4) is 0 Å². The Kier molecular flexibility index (Phi) is 4.93. The van der Waals surface area contributed by atoms with E-state index in [1.165, 1.54) is 6.92 Å². The molecule has 3 aromatic rings. The second kappa shape index (κ2) is 7.22. The smallest absolute Gasteiger partial charge is 0.416 e. The zero-order valence-electron chi connectivity index (χ0n) is 14.6. The molecular formula is C17H11F3N4O5. The average molecular weight is 408 g/mol. The summed E-state index contributed by atoms with van der Waals surface area (Å²) < 4.78 is 44.4. The van der Waals surface area contributed by atoms with E-state index in [-0.39, 0.29) is 23.6 Å². The maximum atomic E-state index is 12.9. The summed E-state index contributed by atoms with van der Waals surface area (Å²) in [6, 6.07) is 9.05. The van der Waals surface area contributed by atoms with Crippen LogP contribution in [0.5, 0.6) is 0 Å². The predicted molar refractivity (Wildman–Crippen MR) is 96.8 cm³/mol. The van der Waals surface area contributed by atoms with Gasteiger partial charge < -0.3 is 4.42 Å². The van der Waals surface area contributed by atoms with E-state index >= 15 is 0 Å². The number of hydrogen-bond donors (Lipinski definition) is 1. The van der Waals surface area contributed by atoms with Crippen molar-refractivity contribution in [2.45, 2.75) is 13.1 Å². The molecule has 1 heterocycles. The van der Waals surface area contributed by atoms with Crippen molar-refractivity contribution in [1.82, 2.24) is 0 Å². The van der Waals surface area contributed by atoms with E-state index in [1.54, 1.807) is 30.3 Å². The minimum absolute atomic E-state index is 0.171. The molecule has 0 amide bonds. The summed E-state index contributed by atoms with van der Waals surface area (Å²) in [6.07, 6.45) is -5.00. The summed E-state index contributed by atoms with van der Waals surface area (Å²) in [5.41, 5.74) is -1.69. The molecule has 150 valence electrons. The van der Waals surface area contributed by atoms with Crippen molar-refractivity contribution >= 4 is 33.7 Å². The molecule has 2 aromatic carbocycles. The molecule has 0 saturated heterocycles. The molecule has 0 unspecified atom stereocenters. The normalized spacial score (nSPS) is 12.2. The van der Waals surface area contributed by atoms with Crippen molar-refractivity contribution in [2.24, 2.45) is 5.10 Å². The van der Waals surface area contributed by atoms with Gasteiger partial charge in [0, 0.05) is 17.5 Å². The Hall–Kier alpha value is -3.96. The number of benzene rings is 2. The molecule has 0 aliphatic heterocycles. The third kappa shape index (κ3) is 4.00. The van der Waals surface area contributed by atoms with Crippen LogP contribution < -0.4 is 5.43 Å². The predicted octanol–water partition coefficient (Wildman–Crippen LogP) is 5.10. The highest BCUT2D eigenvalue weighted by Crippen LogP contribution is 2.41. The van der Waals surface area contributed by atoms with Crippen molar-refractivity contribution in [3.05, 3.63) is 74.0 Å². The number of nitro groups is 2. The molecule has 0 spiro atoms. The summed E-state index contributed by atoms with van der Waals surface area (Å²) in [5.74, 6) is 0.274. The molecule has 1 aromatic heterocycles. The second-order valence-electron chi connectivity index (χ2n) is 5.86. The third-order valence-corrected chi connectivity index (χ3v) is 3.93. The van der Waals surface area contributed by atoms with E-state index < -0.39 is 38.6 Å². The Morgan fingerprint density at radius 3 is 2.17 bits per heavy atom. The lowest BCUT2D eigenvalue weighted by atomic mass is 10.1. The highest BCUT2D eigenvalue weighted by Gasteiger charge is 2.37. The zero-order chi connectivity index (χ0) is 21.3. The maximum absolute atomic E-state index is 12.9. The Bertz CT molecular complexity index is 1090. The van der Waals surface area contributed by atoms with Crippen molar-refractivity contribution < 1.29 is 27.4 Å². The van der Waals surface area contributed by atoms with E-state index in [0.717, 1.165) is 5.39 Å². The van der Waals surface area contributed by atoms with Crippen LogP contribution in [-0.2, 0) is 6.18 Å². The van der Waals surface area contributed by atoms with Gasteiger partial charge in [-0.25, -0.2) is 0 Å². The maximum Gasteiger partial charge on any atom is 0.416 e. The first kappa shape index (κ1) is 19.8. The van der Waals surface area contributed by atoms with E-state index in [1.807, 2.05) is 0 Å². The highest BCUT2D eigenvalue weighted by atomic mass is 19.4. The number of fused-ring (bicyclic) bond motifs is 1. The van der Waals surface area contributed by atoms with E-state index in [0.29, 0.717) is 5.58 Å². The lowest BCUT2D eigenvalue weighted by molar-refractivity contribution is -0.392. The second-order valence-corrected chi connectivity index (χ2v) is 5.86. The van der Waals surface area contributed by atoms with Gasteiger partial charge in [0.05, 0.1) is 15.4 Å². The number of anilines is 1. The van der Waals surface area contributed by atoms with Crippen LogP contribution in [0, 0.1) is 20.2 Å². The van der Waals surface area contributed by atoms with Crippen molar-refractivity contribution in [1.29, 1.82) is 0 Å². The fraction of sp³-hybridized carbons (Fsp3) is 0.118. The zero-order valence-corrected chi connectivity index (χ0v) is 14.6. The first-order valence-corrected chi connectivity index (χ1v) is 7.91. The van der Waals surface area contributed by atoms with Gasteiger partial charge in [0.15, 0.2) is 5.76 Å². The topological polar surface area (TPSA) is 124 Å². The van der Waals surface area contributed by atoms with Gasteiger partial charge in [-0.15, -0.1) is 0 Å². The van der Waals surface area contributed by atoms with Crippen LogP contribution >= 0.6 is 0 Å². The average Bonchev–Trinajstić information content (AvgIpc) is 3.08. The lowest BCUT2D eigenvalue weighted by Crippen LogP contribution is -2.10. The fourth-order valence-corrected chi connectivity index (χ4v) is 2.53. The van der Waals surface area contributed by atoms with Crippen LogP contribution in [-0.4, -0.2) is 15.6 Å². The molecule has 0 atom stereocenters. The minimum atomic E-state index is -5.00. The van der Waals surface area contributed by atoms with Crippen LogP contribution in [0.25, 0.3) is 11.0 Å². The molecule has 0 bridgehead atoms. The number of hydrazone groups is 1. The number of furan rings is 1. The standard InChI is InChI=1S/C17H11F3N4O5/c1-9(15-6-10-4-2-3-5-14(10)29-15)21-22-16-12(23(25)26)7-11(17(18,19)20)8-13(16)24(27)28/h2-8,22H,1H3/b21-9+. The molecule has 0 aliphatic carbocycles. The van der Waals surface area contributed by atoms with Crippen molar-refractivity contribution in [2.75, 3.05) is 5.43 Å². The number of halogens is 3. The van der Waals surface area contributed by atoms with Crippen molar-refractivity contribution in [3.63, 3.8) is 0 Å². The largest absolute Gasteiger partial charge is 0.455 e. The highest BCUT2D eigenvalue weighted by molar-refractivity contribution is 6.00. The Labute approximate surface area is 159 Å². The molecule has 29 heavy (non-hydrogen) atoms. The van der Waals surface area contributed by atoms with Gasteiger partial charge in [-0.2, -0.15) is 18.3 Å². The lowest BCUT2D eigenvalue weighted by Gasteiger charge is -2.09. The molecule has 0 aliphatic rings. The van der Waals surface area contributed by atoms with Gasteiger partial charge in [0.25, 0.3) is 0 Å². The molecule has 0 saturated carbocycles. The summed E-state index contributed by atoms with van der Waals surface area (Å²) in [6.45, 7) is 1.46. The van der Waals surface area contributed by atoms with Gasteiger partial charge in [-0.3, -0.25) is 25.7 Å². The van der Waals surface area contributed by atoms with Crippen LogP contribution in [0.3, 0.4) is 0 Å². The third-order valence-electron chi connectivity index (χ3n) is 3.93. The Morgan fingerprint density at radius 1 is 1.07 bits per heavy atom. The van der Waals surface area contributed by atoms with Gasteiger partial charge in [0.2, 0.25) is 5.69 Å². The first-order valence-electron chi connectivity index (χ1n) is 7.91. The van der Waals surface area contributed by atoms with Gasteiger partial charge in [-0.05, 0) is 19.1 Å². The monoisotopic (exact) mass is 408 g/mol. The quantitative estimate of drug-likeness (QED) is 0.356. The van der Waals surface area contributed by atoms with Gasteiger partial charge >= 0.3 is 17.6 Å². The number of nitrogens with zero attached hydrogens (tertiary/aromatic N) is 3. The molecule has 9 nitrogen and oxygen atoms in total. The van der Waals surface area contributed by atoms with Crippen LogP contribution in [0.4, 0.5) is 30.2 Å². The Balaban J connectivity index is 2.06. The first-order chi connectivity index (χ1) is 13.6. The summed E-state index contributed by atoms with van der Waals surface area (Å²) >= 11 is 0. The van der Waals surface area contributed by atoms with E-state index in [4.69, 9.17) is 4.42 Å². The van der Waals surface area contributed by atoms with E-state index in [2.05, 4.69) is 10.5 Å². The number of hydrogen-bond acceptors (Lipinski definition) is 7. The van der Waals surface area contributed by atoms with Crippen LogP contribution in [0.1, 0.15) is 18.2 Å². The number of para-hydroxylation sites is 1. The number of alkyl halides is 3. The Morgan fingerprint density at radius 2 is 1.66 bits per heavy atom. The summed E-state index contributed by atoms with van der Waals surface area (Å²) in [4.78, 5) is 20.1. The minimum Gasteiger partial charge on any atom is -0.455 e. The molecule has 0 fully saturated rings. The number of rotatable bonds is 5. The summed E-state index contributed by atoms with van der Waals surface area (Å²) in [5, 5.41) is 27.0. The van der Waals surface area contributed by atoms with E-state index in [9.17, 15) is 33.4 Å². The molecule has 0 radical (unpaired) electrons. The molecule has 1 N–H and O–H groups in total. The molecule has 3 rings (SSSR count). The fourth-order valence-electron chi connectivity index (χ4n) is 2.53. The van der Waals surface area contributed by atoms with Crippen LogP contribution in [0.2, 0.25) is 0 Å². The molecular weight excluding hydrogens is 397 g/mol. The van der Waals surface area contributed by atoms with Crippen LogP contribution in [0.15, 0.2) is 52.0 Å². The van der Waals surface area contributed by atoms with Gasteiger partial charge in [-0.1, -0.05) is 18.2 Å². The number of nitrogens with one attached hydrogen (secondary N) is 1. The van der Waals surface area contributed by atoms with Gasteiger partial charge in [0.1, 0.15) is 11.3 Å².